The van der Waals surface area contributed by atoms with E-state index in [1.54, 1.807) is 14.2 Å². The highest BCUT2D eigenvalue weighted by molar-refractivity contribution is 7.56. The molecule has 5 nitrogen and oxygen atoms in total. The molecule has 0 saturated carbocycles. The second-order valence-corrected chi connectivity index (χ2v) is 17.1. The van der Waals surface area contributed by atoms with Crippen LogP contribution in [0, 0.1) is 0 Å². The fraction of sp³-hybridized carbons (Fsp3) is 0.143. The van der Waals surface area contributed by atoms with Crippen LogP contribution in [0.5, 0.6) is 40.2 Å². The first-order valence-corrected chi connectivity index (χ1v) is 18.2. The quantitative estimate of drug-likeness (QED) is 0.132. The van der Waals surface area contributed by atoms with Crippen molar-refractivity contribution in [1.29, 1.82) is 0 Å². The summed E-state index contributed by atoms with van der Waals surface area (Å²) in [6, 6.07) is 35.1. The van der Waals surface area contributed by atoms with E-state index in [0.717, 1.165) is 32.9 Å². The Bertz CT molecular complexity index is 1590. The fourth-order valence-electron chi connectivity index (χ4n) is 4.82. The molecule has 0 fully saturated rings. The summed E-state index contributed by atoms with van der Waals surface area (Å²) in [6.07, 6.45) is 0. The van der Waals surface area contributed by atoms with Crippen LogP contribution in [0.4, 0.5) is 0 Å². The molecule has 5 rings (SSSR count). The van der Waals surface area contributed by atoms with Crippen molar-refractivity contribution in [3.8, 4) is 51.4 Å². The zero-order valence-electron chi connectivity index (χ0n) is 24.5. The molecule has 0 amide bonds. The van der Waals surface area contributed by atoms with Crippen molar-refractivity contribution in [2.24, 2.45) is 0 Å². The Labute approximate surface area is 250 Å². The highest BCUT2D eigenvalue weighted by Crippen LogP contribution is 2.44. The maximum atomic E-state index is 12.0. The van der Waals surface area contributed by atoms with Crippen LogP contribution in [0.15, 0.2) is 109 Å². The summed E-state index contributed by atoms with van der Waals surface area (Å²) in [5, 5.41) is 14.7. The average molecular weight is 595 g/mol. The normalized spacial score (nSPS) is 11.5. The summed E-state index contributed by atoms with van der Waals surface area (Å²) < 4.78 is 24.5. The molecule has 0 radical (unpaired) electrons. The predicted octanol–water partition coefficient (Wildman–Crippen LogP) is 7.84. The number of benzene rings is 5. The molecule has 0 aliphatic heterocycles. The molecule has 42 heavy (non-hydrogen) atoms. The number of methoxy groups -OCH3 is 2. The Morgan fingerprint density at radius 2 is 1.02 bits per heavy atom. The Balaban J connectivity index is 1.73. The van der Waals surface area contributed by atoms with E-state index < -0.39 is 8.07 Å². The van der Waals surface area contributed by atoms with Crippen molar-refractivity contribution >= 4 is 32.5 Å². The molecule has 0 aliphatic carbocycles. The van der Waals surface area contributed by atoms with Crippen LogP contribution < -0.4 is 34.7 Å². The Morgan fingerprint density at radius 3 is 1.48 bits per heavy atom. The summed E-state index contributed by atoms with van der Waals surface area (Å²) in [6.45, 7) is 6.67. The summed E-state index contributed by atoms with van der Waals surface area (Å²) >= 11 is 0. The molecule has 0 saturated heterocycles. The van der Waals surface area contributed by atoms with Gasteiger partial charge in [0.05, 0.1) is 33.2 Å². The number of hydrogen-bond acceptors (Lipinski definition) is 5. The molecular weight excluding hydrogens is 559 g/mol. The number of ether oxygens (including phenoxy) is 4. The SMILES string of the molecule is COc1cccc(OC)c1-c1c(Pc2c(Oc3ccccc3)cccc2Oc2ccccc2)ccc([Si](C)(C)C)c1O. The van der Waals surface area contributed by atoms with Crippen LogP contribution >= 0.6 is 8.58 Å². The lowest BCUT2D eigenvalue weighted by molar-refractivity contribution is 0.396. The van der Waals surface area contributed by atoms with Crippen molar-refractivity contribution in [3.05, 3.63) is 109 Å². The molecule has 5 aromatic carbocycles. The van der Waals surface area contributed by atoms with Gasteiger partial charge in [0.1, 0.15) is 40.2 Å². The van der Waals surface area contributed by atoms with E-state index in [-0.39, 0.29) is 14.3 Å². The highest BCUT2D eigenvalue weighted by Gasteiger charge is 2.28. The highest BCUT2D eigenvalue weighted by atomic mass is 31.1. The minimum absolute atomic E-state index is 0.0682. The van der Waals surface area contributed by atoms with Crippen LogP contribution in [-0.2, 0) is 0 Å². The second-order valence-electron chi connectivity index (χ2n) is 10.8. The molecule has 7 heteroatoms. The molecule has 1 N–H and O–H groups in total. The summed E-state index contributed by atoms with van der Waals surface area (Å²) in [4.78, 5) is 0. The Hall–Kier alpha value is -4.25. The topological polar surface area (TPSA) is 57.2 Å². The van der Waals surface area contributed by atoms with Gasteiger partial charge >= 0.3 is 0 Å². The molecule has 0 heterocycles. The van der Waals surface area contributed by atoms with Gasteiger partial charge in [-0.05, 0) is 59.0 Å². The minimum Gasteiger partial charge on any atom is -0.507 e. The van der Waals surface area contributed by atoms with Crippen molar-refractivity contribution < 1.29 is 24.1 Å². The Kier molecular flexibility index (Phi) is 8.86. The van der Waals surface area contributed by atoms with Crippen LogP contribution in [0.25, 0.3) is 11.1 Å². The van der Waals surface area contributed by atoms with Gasteiger partial charge in [0.2, 0.25) is 0 Å². The molecule has 0 aliphatic rings. The van der Waals surface area contributed by atoms with Crippen LogP contribution in [0.1, 0.15) is 0 Å². The zero-order chi connectivity index (χ0) is 29.7. The third-order valence-electron chi connectivity index (χ3n) is 6.85. The average Bonchev–Trinajstić information content (AvgIpc) is 2.99. The maximum Gasteiger partial charge on any atom is 0.138 e. The van der Waals surface area contributed by atoms with Crippen LogP contribution in [0.3, 0.4) is 0 Å². The third kappa shape index (κ3) is 6.30. The number of para-hydroxylation sites is 2. The first-order valence-electron chi connectivity index (χ1n) is 13.7. The van der Waals surface area contributed by atoms with Crippen molar-refractivity contribution in [2.45, 2.75) is 19.6 Å². The molecule has 0 bridgehead atoms. The molecule has 214 valence electrons. The van der Waals surface area contributed by atoms with E-state index in [4.69, 9.17) is 18.9 Å². The summed E-state index contributed by atoms with van der Waals surface area (Å²) in [7, 11) is 1.42. The van der Waals surface area contributed by atoms with Gasteiger partial charge < -0.3 is 24.1 Å². The van der Waals surface area contributed by atoms with Gasteiger partial charge in [-0.1, -0.05) is 88.9 Å². The van der Waals surface area contributed by atoms with Gasteiger partial charge in [0, 0.05) is 5.56 Å². The van der Waals surface area contributed by atoms with E-state index in [0.29, 0.717) is 28.6 Å². The molecular formula is C35H35O5PSi. The van der Waals surface area contributed by atoms with Crippen molar-refractivity contribution in [3.63, 3.8) is 0 Å². The maximum absolute atomic E-state index is 12.0. The minimum atomic E-state index is -1.91. The van der Waals surface area contributed by atoms with Crippen LogP contribution in [0.2, 0.25) is 19.6 Å². The number of rotatable bonds is 10. The van der Waals surface area contributed by atoms with E-state index >= 15 is 0 Å². The smallest absolute Gasteiger partial charge is 0.138 e. The van der Waals surface area contributed by atoms with Crippen LogP contribution in [-0.4, -0.2) is 27.4 Å². The fourth-order valence-corrected chi connectivity index (χ4v) is 7.56. The van der Waals surface area contributed by atoms with E-state index in [1.165, 1.54) is 0 Å². The molecule has 0 aromatic heterocycles. The van der Waals surface area contributed by atoms with Gasteiger partial charge in [0.15, 0.2) is 0 Å². The number of phenols is 1. The van der Waals surface area contributed by atoms with E-state index in [9.17, 15) is 5.11 Å². The Morgan fingerprint density at radius 1 is 0.548 bits per heavy atom. The summed E-state index contributed by atoms with van der Waals surface area (Å²) in [5.41, 5.74) is 1.41. The molecule has 5 aromatic rings. The van der Waals surface area contributed by atoms with Crippen molar-refractivity contribution in [1.82, 2.24) is 0 Å². The largest absolute Gasteiger partial charge is 0.507 e. The van der Waals surface area contributed by atoms with Crippen molar-refractivity contribution in [2.75, 3.05) is 14.2 Å². The van der Waals surface area contributed by atoms with Gasteiger partial charge in [-0.3, -0.25) is 0 Å². The second kappa shape index (κ2) is 12.7. The lowest BCUT2D eigenvalue weighted by atomic mass is 10.0. The van der Waals surface area contributed by atoms with Gasteiger partial charge in [-0.2, -0.15) is 0 Å². The number of hydrogen-bond donors (Lipinski definition) is 1. The predicted molar refractivity (Wildman–Crippen MR) is 177 cm³/mol. The number of phenolic OH excluding ortho intramolecular Hbond substituents is 1. The summed E-state index contributed by atoms with van der Waals surface area (Å²) in [5.74, 6) is 4.32. The monoisotopic (exact) mass is 594 g/mol. The first-order chi connectivity index (χ1) is 20.3. The molecule has 1 atom stereocenters. The molecule has 1 unspecified atom stereocenters. The van der Waals surface area contributed by atoms with Gasteiger partial charge in [-0.15, -0.1) is 0 Å². The third-order valence-corrected chi connectivity index (χ3v) is 10.3. The van der Waals surface area contributed by atoms with E-state index in [2.05, 4.69) is 31.8 Å². The lowest BCUT2D eigenvalue weighted by Gasteiger charge is -2.25. The standard InChI is InChI=1S/C35H35O5PSi/c1-37-26-18-12-19-27(38-2)32(26)33-30(22-23-31(34(33)36)42(3,4)5)41-35-28(39-24-14-8-6-9-15-24)20-13-21-29(35)40-25-16-10-7-11-17-25/h6-23,36,41H,1-5H3. The van der Waals surface area contributed by atoms with Gasteiger partial charge in [0.25, 0.3) is 0 Å². The van der Waals surface area contributed by atoms with Gasteiger partial charge in [-0.25, -0.2) is 0 Å². The molecule has 0 spiro atoms. The number of aromatic hydroxyl groups is 1. The lowest BCUT2D eigenvalue weighted by Crippen LogP contribution is -2.38. The van der Waals surface area contributed by atoms with E-state index in [1.807, 2.05) is 97.1 Å². The zero-order valence-corrected chi connectivity index (χ0v) is 26.5. The first kappa shape index (κ1) is 29.2.